The van der Waals surface area contributed by atoms with E-state index in [4.69, 9.17) is 0 Å². The summed E-state index contributed by atoms with van der Waals surface area (Å²) in [5, 5.41) is 10.7. The van der Waals surface area contributed by atoms with Crippen molar-refractivity contribution >= 4 is 5.91 Å². The fourth-order valence-corrected chi connectivity index (χ4v) is 3.51. The van der Waals surface area contributed by atoms with Gasteiger partial charge in [0.25, 0.3) is 0 Å². The van der Waals surface area contributed by atoms with Gasteiger partial charge in [-0.05, 0) is 38.8 Å². The minimum absolute atomic E-state index is 0.0175. The number of amides is 1. The maximum atomic E-state index is 12.2. The van der Waals surface area contributed by atoms with Crippen molar-refractivity contribution in [3.63, 3.8) is 0 Å². The average molecular weight is 291 g/mol. The van der Waals surface area contributed by atoms with E-state index in [1.165, 1.54) is 11.4 Å². The summed E-state index contributed by atoms with van der Waals surface area (Å²) in [6.45, 7) is 5.63. The number of hydrogen-bond acceptors (Lipinski definition) is 3. The molecule has 1 saturated carbocycles. The molecule has 6 nitrogen and oxygen atoms in total. The first kappa shape index (κ1) is 14.1. The Morgan fingerprint density at radius 1 is 1.24 bits per heavy atom. The van der Waals surface area contributed by atoms with Gasteiger partial charge in [-0.2, -0.15) is 0 Å². The van der Waals surface area contributed by atoms with E-state index in [-0.39, 0.29) is 16.7 Å². The van der Waals surface area contributed by atoms with Crippen LogP contribution in [0.2, 0.25) is 0 Å². The molecule has 21 heavy (non-hydrogen) atoms. The topological polar surface area (TPSA) is 68.4 Å². The van der Waals surface area contributed by atoms with Crippen LogP contribution in [0.3, 0.4) is 0 Å². The average Bonchev–Trinajstić information content (AvgIpc) is 3.20. The number of piperidine rings is 1. The maximum absolute atomic E-state index is 12.2. The standard InChI is InChI=1S/C15H21N3O3/c1-10-3-4-11(2)17(10)12-5-7-16(8-6-12)15(19)13-9-14(13)18(20)21/h3-4,12-14H,5-9H2,1-2H3. The van der Waals surface area contributed by atoms with Gasteiger partial charge in [0.05, 0.1) is 0 Å². The molecule has 6 heteroatoms. The summed E-state index contributed by atoms with van der Waals surface area (Å²) in [7, 11) is 0. The number of carbonyl (C=O) groups excluding carboxylic acids is 1. The molecule has 114 valence electrons. The first-order chi connectivity index (χ1) is 9.99. The van der Waals surface area contributed by atoms with Crippen LogP contribution in [0.15, 0.2) is 12.1 Å². The van der Waals surface area contributed by atoms with Crippen LogP contribution in [0.25, 0.3) is 0 Å². The first-order valence-electron chi connectivity index (χ1n) is 7.55. The molecule has 0 bridgehead atoms. The Balaban J connectivity index is 1.59. The number of rotatable bonds is 3. The van der Waals surface area contributed by atoms with Crippen LogP contribution in [0.4, 0.5) is 0 Å². The van der Waals surface area contributed by atoms with E-state index in [1.807, 2.05) is 4.90 Å². The number of hydrogen-bond donors (Lipinski definition) is 0. The Labute approximate surface area is 123 Å². The first-order valence-corrected chi connectivity index (χ1v) is 7.55. The van der Waals surface area contributed by atoms with Gasteiger partial charge in [0.1, 0.15) is 5.92 Å². The van der Waals surface area contributed by atoms with E-state index >= 15 is 0 Å². The molecule has 0 radical (unpaired) electrons. The third kappa shape index (κ3) is 2.54. The molecular formula is C15H21N3O3. The molecule has 1 aliphatic carbocycles. The van der Waals surface area contributed by atoms with E-state index in [0.717, 1.165) is 12.8 Å². The predicted octanol–water partition coefficient (Wildman–Crippen LogP) is 1.93. The summed E-state index contributed by atoms with van der Waals surface area (Å²) in [6, 6.07) is 4.05. The van der Waals surface area contributed by atoms with Crippen LogP contribution in [-0.2, 0) is 4.79 Å². The normalized spacial score (nSPS) is 25.9. The summed E-state index contributed by atoms with van der Waals surface area (Å²) >= 11 is 0. The number of nitro groups is 1. The second kappa shape index (κ2) is 5.16. The monoisotopic (exact) mass is 291 g/mol. The van der Waals surface area contributed by atoms with Crippen molar-refractivity contribution < 1.29 is 9.72 Å². The molecule has 2 fully saturated rings. The molecule has 0 aromatic carbocycles. The SMILES string of the molecule is Cc1ccc(C)n1C1CCN(C(=O)C2CC2[N+](=O)[O-])CC1. The van der Waals surface area contributed by atoms with Gasteiger partial charge in [-0.25, -0.2) is 0 Å². The van der Waals surface area contributed by atoms with Crippen LogP contribution in [0.1, 0.15) is 36.7 Å². The van der Waals surface area contributed by atoms with Crippen molar-refractivity contribution in [2.24, 2.45) is 5.92 Å². The van der Waals surface area contributed by atoms with Crippen molar-refractivity contribution in [2.45, 2.75) is 45.2 Å². The zero-order chi connectivity index (χ0) is 15.1. The number of aryl methyl sites for hydroxylation is 2. The quantitative estimate of drug-likeness (QED) is 0.631. The Hall–Kier alpha value is -1.85. The molecule has 1 saturated heterocycles. The van der Waals surface area contributed by atoms with Gasteiger partial charge < -0.3 is 9.47 Å². The molecule has 1 aromatic heterocycles. The van der Waals surface area contributed by atoms with E-state index in [2.05, 4.69) is 30.5 Å². The highest BCUT2D eigenvalue weighted by atomic mass is 16.6. The third-order valence-corrected chi connectivity index (χ3v) is 4.81. The smallest absolute Gasteiger partial charge is 0.232 e. The predicted molar refractivity (Wildman–Crippen MR) is 77.6 cm³/mol. The van der Waals surface area contributed by atoms with Gasteiger partial charge >= 0.3 is 0 Å². The summed E-state index contributed by atoms with van der Waals surface area (Å²) in [4.78, 5) is 24.4. The van der Waals surface area contributed by atoms with E-state index in [0.29, 0.717) is 25.6 Å². The Bertz CT molecular complexity index is 553. The van der Waals surface area contributed by atoms with Crippen molar-refractivity contribution in [3.8, 4) is 0 Å². The fourth-order valence-electron chi connectivity index (χ4n) is 3.51. The molecule has 0 spiro atoms. The molecule has 0 N–H and O–H groups in total. The highest BCUT2D eigenvalue weighted by Crippen LogP contribution is 2.36. The van der Waals surface area contributed by atoms with Gasteiger partial charge in [0.15, 0.2) is 0 Å². The zero-order valence-corrected chi connectivity index (χ0v) is 12.5. The van der Waals surface area contributed by atoms with Gasteiger partial charge in [-0.3, -0.25) is 14.9 Å². The largest absolute Gasteiger partial charge is 0.346 e. The minimum atomic E-state index is -0.635. The number of likely N-dealkylation sites (tertiary alicyclic amines) is 1. The van der Waals surface area contributed by atoms with E-state index < -0.39 is 6.04 Å². The summed E-state index contributed by atoms with van der Waals surface area (Å²) < 4.78 is 2.35. The fraction of sp³-hybridized carbons (Fsp3) is 0.667. The van der Waals surface area contributed by atoms with Gasteiger partial charge in [0.2, 0.25) is 11.9 Å². The van der Waals surface area contributed by atoms with Gasteiger partial charge in [-0.15, -0.1) is 0 Å². The van der Waals surface area contributed by atoms with Crippen molar-refractivity contribution in [1.82, 2.24) is 9.47 Å². The summed E-state index contributed by atoms with van der Waals surface area (Å²) in [5.41, 5.74) is 2.51. The highest BCUT2D eigenvalue weighted by molar-refractivity contribution is 5.82. The van der Waals surface area contributed by atoms with Gasteiger partial charge in [-0.1, -0.05) is 0 Å². The molecule has 2 unspecified atom stereocenters. The number of carbonyl (C=O) groups is 1. The minimum Gasteiger partial charge on any atom is -0.346 e. The number of aromatic nitrogens is 1. The molecule has 2 aliphatic rings. The molecule has 2 heterocycles. The lowest BCUT2D eigenvalue weighted by atomic mass is 10.0. The Morgan fingerprint density at radius 3 is 2.29 bits per heavy atom. The molecule has 1 amide bonds. The summed E-state index contributed by atoms with van der Waals surface area (Å²) in [5.74, 6) is -0.386. The van der Waals surface area contributed by atoms with E-state index in [9.17, 15) is 14.9 Å². The van der Waals surface area contributed by atoms with Crippen LogP contribution >= 0.6 is 0 Å². The lowest BCUT2D eigenvalue weighted by molar-refractivity contribution is -0.497. The molecule has 3 rings (SSSR count). The van der Waals surface area contributed by atoms with Crippen LogP contribution < -0.4 is 0 Å². The van der Waals surface area contributed by atoms with Crippen LogP contribution in [0, 0.1) is 29.9 Å². The third-order valence-electron chi connectivity index (χ3n) is 4.81. The van der Waals surface area contributed by atoms with Crippen molar-refractivity contribution in [1.29, 1.82) is 0 Å². The van der Waals surface area contributed by atoms with Crippen molar-refractivity contribution in [3.05, 3.63) is 33.6 Å². The van der Waals surface area contributed by atoms with Crippen LogP contribution in [-0.4, -0.2) is 39.4 Å². The maximum Gasteiger partial charge on any atom is 0.232 e. The van der Waals surface area contributed by atoms with Crippen LogP contribution in [0.5, 0.6) is 0 Å². The van der Waals surface area contributed by atoms with Crippen molar-refractivity contribution in [2.75, 3.05) is 13.1 Å². The molecule has 1 aromatic rings. The van der Waals surface area contributed by atoms with Gasteiger partial charge in [0, 0.05) is 41.9 Å². The number of nitrogens with zero attached hydrogens (tertiary/aromatic N) is 3. The Morgan fingerprint density at radius 2 is 1.81 bits per heavy atom. The Kier molecular flexibility index (Phi) is 3.47. The second-order valence-corrected chi connectivity index (χ2v) is 6.24. The zero-order valence-electron chi connectivity index (χ0n) is 12.5. The molecule has 1 aliphatic heterocycles. The molecular weight excluding hydrogens is 270 g/mol. The lowest BCUT2D eigenvalue weighted by Crippen LogP contribution is -2.40. The highest BCUT2D eigenvalue weighted by Gasteiger charge is 2.54. The summed E-state index contributed by atoms with van der Waals surface area (Å²) in [6.07, 6.45) is 2.28. The molecule has 2 atom stereocenters. The lowest BCUT2D eigenvalue weighted by Gasteiger charge is -2.34. The second-order valence-electron chi connectivity index (χ2n) is 6.24. The van der Waals surface area contributed by atoms with E-state index in [1.54, 1.807) is 0 Å².